The second-order valence-corrected chi connectivity index (χ2v) is 7.12. The Morgan fingerprint density at radius 1 is 1.10 bits per heavy atom. The minimum Gasteiger partial charge on any atom is -0.318 e. The highest BCUT2D eigenvalue weighted by atomic mass is 35.5. The van der Waals surface area contributed by atoms with Gasteiger partial charge in [0.15, 0.2) is 0 Å². The van der Waals surface area contributed by atoms with Gasteiger partial charge in [-0.25, -0.2) is 14.6 Å². The number of hydrogen-bond acceptors (Lipinski definition) is 5. The van der Waals surface area contributed by atoms with E-state index >= 15 is 0 Å². The molecule has 0 fully saturated rings. The summed E-state index contributed by atoms with van der Waals surface area (Å²) in [6, 6.07) is 8.90. The van der Waals surface area contributed by atoms with Crippen molar-refractivity contribution in [3.63, 3.8) is 0 Å². The van der Waals surface area contributed by atoms with Gasteiger partial charge in [0, 0.05) is 61.0 Å². The average Bonchev–Trinajstić information content (AvgIpc) is 3.25. The summed E-state index contributed by atoms with van der Waals surface area (Å²) in [7, 11) is 1.70. The summed E-state index contributed by atoms with van der Waals surface area (Å²) in [4.78, 5) is 21.0. The summed E-state index contributed by atoms with van der Waals surface area (Å²) < 4.78 is 3.11. The van der Waals surface area contributed by atoms with Gasteiger partial charge in [0.1, 0.15) is 11.9 Å². The van der Waals surface area contributed by atoms with Gasteiger partial charge < -0.3 is 4.57 Å². The molecular formula is C22H17ClN6O. The number of pyridine rings is 1. The minimum atomic E-state index is -0.137. The molecular weight excluding hydrogens is 400 g/mol. The van der Waals surface area contributed by atoms with Crippen LogP contribution in [0.2, 0.25) is 5.02 Å². The predicted octanol–water partition coefficient (Wildman–Crippen LogP) is 3.78. The zero-order valence-corrected chi connectivity index (χ0v) is 17.1. The first-order valence-electron chi connectivity index (χ1n) is 9.27. The van der Waals surface area contributed by atoms with Gasteiger partial charge in [0.05, 0.1) is 22.5 Å². The average molecular weight is 417 g/mol. The molecule has 0 atom stereocenters. The Hall–Kier alpha value is -3.76. The van der Waals surface area contributed by atoms with Crippen molar-refractivity contribution in [2.45, 2.75) is 13.3 Å². The highest BCUT2D eigenvalue weighted by Gasteiger charge is 2.15. The lowest BCUT2D eigenvalue weighted by molar-refractivity contribution is 0.862. The van der Waals surface area contributed by atoms with Crippen LogP contribution in [0, 0.1) is 11.3 Å². The van der Waals surface area contributed by atoms with E-state index in [-0.39, 0.29) is 5.56 Å². The molecule has 0 aliphatic heterocycles. The molecule has 4 rings (SSSR count). The van der Waals surface area contributed by atoms with Gasteiger partial charge in [0.25, 0.3) is 5.56 Å². The standard InChI is InChI=1S/C22H17ClN6O/c1-3-21-25-9-14(10-26-21)16-7-22(30)28(2)13-18(16)15-11-27-29(12-15)20-6-4-5-19(23)17(20)8-24/h4-7,9-13H,3H2,1-2H3. The van der Waals surface area contributed by atoms with Gasteiger partial charge in [-0.1, -0.05) is 24.6 Å². The Labute approximate surface area is 177 Å². The molecule has 3 heterocycles. The third-order valence-corrected chi connectivity index (χ3v) is 5.12. The third-order valence-electron chi connectivity index (χ3n) is 4.80. The van der Waals surface area contributed by atoms with E-state index < -0.39 is 0 Å². The van der Waals surface area contributed by atoms with E-state index in [2.05, 4.69) is 21.1 Å². The lowest BCUT2D eigenvalue weighted by Crippen LogP contribution is -2.15. The summed E-state index contributed by atoms with van der Waals surface area (Å²) in [5.41, 5.74) is 3.83. The maximum absolute atomic E-state index is 12.3. The van der Waals surface area contributed by atoms with Gasteiger partial charge >= 0.3 is 0 Å². The number of hydrogen-bond donors (Lipinski definition) is 0. The summed E-state index contributed by atoms with van der Waals surface area (Å²) in [5.74, 6) is 0.738. The van der Waals surface area contributed by atoms with E-state index in [9.17, 15) is 10.1 Å². The second-order valence-electron chi connectivity index (χ2n) is 6.71. The van der Waals surface area contributed by atoms with Gasteiger partial charge in [-0.15, -0.1) is 0 Å². The Balaban J connectivity index is 1.86. The van der Waals surface area contributed by atoms with Gasteiger partial charge in [-0.3, -0.25) is 4.79 Å². The molecule has 0 unspecified atom stereocenters. The molecule has 0 saturated carbocycles. The molecule has 0 saturated heterocycles. The number of benzene rings is 1. The maximum atomic E-state index is 12.3. The summed E-state index contributed by atoms with van der Waals surface area (Å²) in [6.45, 7) is 1.98. The minimum absolute atomic E-state index is 0.137. The molecule has 0 radical (unpaired) electrons. The van der Waals surface area contributed by atoms with Gasteiger partial charge in [0.2, 0.25) is 0 Å². The number of nitrogens with zero attached hydrogens (tertiary/aromatic N) is 6. The first kappa shape index (κ1) is 19.6. The van der Waals surface area contributed by atoms with E-state index in [0.29, 0.717) is 21.8 Å². The van der Waals surface area contributed by atoms with Gasteiger partial charge in [-0.05, 0) is 17.7 Å². The van der Waals surface area contributed by atoms with Crippen LogP contribution in [0.5, 0.6) is 0 Å². The van der Waals surface area contributed by atoms with Crippen molar-refractivity contribution in [3.05, 3.63) is 82.0 Å². The van der Waals surface area contributed by atoms with E-state index in [1.807, 2.05) is 6.92 Å². The molecule has 1 aromatic carbocycles. The zero-order valence-electron chi connectivity index (χ0n) is 16.4. The van der Waals surface area contributed by atoms with Crippen LogP contribution in [0.25, 0.3) is 27.9 Å². The summed E-state index contributed by atoms with van der Waals surface area (Å²) >= 11 is 6.16. The predicted molar refractivity (Wildman–Crippen MR) is 114 cm³/mol. The molecule has 0 amide bonds. The topological polar surface area (TPSA) is 89.4 Å². The van der Waals surface area contributed by atoms with Crippen LogP contribution in [0.3, 0.4) is 0 Å². The van der Waals surface area contributed by atoms with Crippen molar-refractivity contribution in [1.29, 1.82) is 5.26 Å². The number of rotatable bonds is 4. The van der Waals surface area contributed by atoms with Crippen LogP contribution in [0.15, 0.2) is 60.0 Å². The summed E-state index contributed by atoms with van der Waals surface area (Å²) in [5, 5.41) is 14.2. The second kappa shape index (κ2) is 7.93. The quantitative estimate of drug-likeness (QED) is 0.505. The monoisotopic (exact) mass is 416 g/mol. The van der Waals surface area contributed by atoms with Crippen LogP contribution in [-0.4, -0.2) is 24.3 Å². The fourth-order valence-electron chi connectivity index (χ4n) is 3.18. The van der Waals surface area contributed by atoms with E-state index in [4.69, 9.17) is 11.6 Å². The fraction of sp³-hybridized carbons (Fsp3) is 0.136. The van der Waals surface area contributed by atoms with Crippen LogP contribution >= 0.6 is 11.6 Å². The molecule has 7 nitrogen and oxygen atoms in total. The number of aryl methyl sites for hydroxylation is 2. The van der Waals surface area contributed by atoms with Crippen LogP contribution < -0.4 is 5.56 Å². The normalized spacial score (nSPS) is 10.7. The first-order valence-corrected chi connectivity index (χ1v) is 9.65. The summed E-state index contributed by atoms with van der Waals surface area (Å²) in [6.07, 6.45) is 9.43. The number of aromatic nitrogens is 5. The van der Waals surface area contributed by atoms with Gasteiger partial charge in [-0.2, -0.15) is 10.4 Å². The van der Waals surface area contributed by atoms with Crippen molar-refractivity contribution in [3.8, 4) is 34.0 Å². The van der Waals surface area contributed by atoms with E-state index in [0.717, 1.165) is 28.9 Å². The van der Waals surface area contributed by atoms with E-state index in [1.54, 1.807) is 67.0 Å². The molecule has 0 N–H and O–H groups in total. The first-order chi connectivity index (χ1) is 14.5. The van der Waals surface area contributed by atoms with Crippen molar-refractivity contribution >= 4 is 11.6 Å². The van der Waals surface area contributed by atoms with E-state index in [1.165, 1.54) is 4.57 Å². The Morgan fingerprint density at radius 3 is 2.57 bits per heavy atom. The molecule has 0 bridgehead atoms. The van der Waals surface area contributed by atoms with Crippen molar-refractivity contribution in [1.82, 2.24) is 24.3 Å². The molecule has 8 heteroatoms. The number of halogens is 1. The number of nitriles is 1. The molecule has 0 aliphatic rings. The van der Waals surface area contributed by atoms with Crippen LogP contribution in [0.1, 0.15) is 18.3 Å². The van der Waals surface area contributed by atoms with Crippen LogP contribution in [0.4, 0.5) is 0 Å². The van der Waals surface area contributed by atoms with Crippen molar-refractivity contribution in [2.24, 2.45) is 7.05 Å². The molecule has 4 aromatic rings. The smallest absolute Gasteiger partial charge is 0.250 e. The molecule has 30 heavy (non-hydrogen) atoms. The maximum Gasteiger partial charge on any atom is 0.250 e. The Morgan fingerprint density at radius 2 is 1.87 bits per heavy atom. The molecule has 148 valence electrons. The molecule has 0 aliphatic carbocycles. The van der Waals surface area contributed by atoms with Crippen molar-refractivity contribution in [2.75, 3.05) is 0 Å². The van der Waals surface area contributed by atoms with Crippen molar-refractivity contribution < 1.29 is 0 Å². The largest absolute Gasteiger partial charge is 0.318 e. The Kier molecular flexibility index (Phi) is 5.17. The highest BCUT2D eigenvalue weighted by Crippen LogP contribution is 2.31. The molecule has 3 aromatic heterocycles. The fourth-order valence-corrected chi connectivity index (χ4v) is 3.39. The third kappa shape index (κ3) is 3.49. The zero-order chi connectivity index (χ0) is 21.3. The lowest BCUT2D eigenvalue weighted by atomic mass is 10.0. The molecule has 0 spiro atoms. The Bertz CT molecular complexity index is 1330. The highest BCUT2D eigenvalue weighted by molar-refractivity contribution is 6.32. The van der Waals surface area contributed by atoms with Crippen LogP contribution in [-0.2, 0) is 13.5 Å². The lowest BCUT2D eigenvalue weighted by Gasteiger charge is -2.10. The SMILES string of the molecule is CCc1ncc(-c2cc(=O)n(C)cc2-c2cnn(-c3cccc(Cl)c3C#N)c2)cn1.